The lowest BCUT2D eigenvalue weighted by Crippen LogP contribution is -2.31. The number of imide groups is 1. The standard InChI is InChI=1S/C17H20N2O4S2/c1-2-23-17(22)19-14(20)11-7-8-24-16(11)18-15(21)12-9-25-13-6-4-3-5-10(12)13/h7-8,13H,2-6,9H2,1H3,(H,18,21)(H,19,20,22). The molecule has 1 aromatic heterocycles. The Labute approximate surface area is 154 Å². The molecule has 0 aromatic carbocycles. The molecule has 3 rings (SSSR count). The van der Waals surface area contributed by atoms with Crippen LogP contribution in [-0.4, -0.2) is 35.5 Å². The van der Waals surface area contributed by atoms with E-state index >= 15 is 0 Å². The van der Waals surface area contributed by atoms with Crippen molar-refractivity contribution in [2.75, 3.05) is 17.7 Å². The van der Waals surface area contributed by atoms with Gasteiger partial charge in [-0.05, 0) is 43.2 Å². The molecular formula is C17H20N2O4S2. The van der Waals surface area contributed by atoms with E-state index in [0.717, 1.165) is 30.6 Å². The second kappa shape index (κ2) is 8.05. The topological polar surface area (TPSA) is 84.5 Å². The highest BCUT2D eigenvalue weighted by molar-refractivity contribution is 8.00. The molecule has 2 N–H and O–H groups in total. The zero-order valence-corrected chi connectivity index (χ0v) is 15.6. The van der Waals surface area contributed by atoms with Crippen LogP contribution in [0, 0.1) is 0 Å². The Morgan fingerprint density at radius 2 is 2.12 bits per heavy atom. The summed E-state index contributed by atoms with van der Waals surface area (Å²) in [6.07, 6.45) is 3.69. The van der Waals surface area contributed by atoms with Crippen LogP contribution in [0.4, 0.5) is 9.80 Å². The summed E-state index contributed by atoms with van der Waals surface area (Å²) in [5.41, 5.74) is 2.38. The van der Waals surface area contributed by atoms with Crippen molar-refractivity contribution < 1.29 is 19.1 Å². The van der Waals surface area contributed by atoms with E-state index in [4.69, 9.17) is 4.74 Å². The zero-order chi connectivity index (χ0) is 17.8. The first kappa shape index (κ1) is 18.0. The van der Waals surface area contributed by atoms with E-state index in [2.05, 4.69) is 10.6 Å². The summed E-state index contributed by atoms with van der Waals surface area (Å²) < 4.78 is 4.71. The molecule has 1 aliphatic carbocycles. The van der Waals surface area contributed by atoms with E-state index in [1.54, 1.807) is 18.4 Å². The van der Waals surface area contributed by atoms with Crippen LogP contribution < -0.4 is 10.6 Å². The minimum Gasteiger partial charge on any atom is -0.450 e. The molecule has 1 atom stereocenters. The third-order valence-corrected chi connectivity index (χ3v) is 6.48. The average molecular weight is 380 g/mol. The number of hydrogen-bond donors (Lipinski definition) is 2. The van der Waals surface area contributed by atoms with Crippen molar-refractivity contribution in [2.45, 2.75) is 37.9 Å². The van der Waals surface area contributed by atoms with Gasteiger partial charge >= 0.3 is 6.09 Å². The molecule has 1 unspecified atom stereocenters. The number of alkyl carbamates (subject to hydrolysis) is 1. The van der Waals surface area contributed by atoms with Gasteiger partial charge in [0, 0.05) is 16.6 Å². The summed E-state index contributed by atoms with van der Waals surface area (Å²) in [4.78, 5) is 36.2. The number of thiophene rings is 1. The van der Waals surface area contributed by atoms with Crippen LogP contribution >= 0.6 is 23.1 Å². The molecule has 134 valence electrons. The maximum atomic E-state index is 12.7. The Morgan fingerprint density at radius 1 is 1.28 bits per heavy atom. The minimum absolute atomic E-state index is 0.139. The van der Waals surface area contributed by atoms with Crippen molar-refractivity contribution >= 4 is 46.0 Å². The Balaban J connectivity index is 1.70. The summed E-state index contributed by atoms with van der Waals surface area (Å²) in [5.74, 6) is 0.00482. The van der Waals surface area contributed by atoms with Crippen LogP contribution in [-0.2, 0) is 9.53 Å². The van der Waals surface area contributed by atoms with Gasteiger partial charge in [0.15, 0.2) is 0 Å². The van der Waals surface area contributed by atoms with Gasteiger partial charge in [-0.1, -0.05) is 6.42 Å². The lowest BCUT2D eigenvalue weighted by Gasteiger charge is -2.20. The maximum absolute atomic E-state index is 12.7. The largest absolute Gasteiger partial charge is 0.450 e. The highest BCUT2D eigenvalue weighted by atomic mass is 32.2. The fourth-order valence-electron chi connectivity index (χ4n) is 3.09. The lowest BCUT2D eigenvalue weighted by atomic mass is 9.91. The number of nitrogens with one attached hydrogen (secondary N) is 2. The van der Waals surface area contributed by atoms with Gasteiger partial charge in [0.2, 0.25) is 0 Å². The molecule has 6 nitrogen and oxygen atoms in total. The number of fused-ring (bicyclic) bond motifs is 1. The molecule has 2 heterocycles. The van der Waals surface area contributed by atoms with Crippen molar-refractivity contribution in [3.63, 3.8) is 0 Å². The molecule has 0 spiro atoms. The number of rotatable bonds is 4. The van der Waals surface area contributed by atoms with Gasteiger partial charge in [-0.15, -0.1) is 23.1 Å². The molecule has 2 aliphatic rings. The van der Waals surface area contributed by atoms with Crippen molar-refractivity contribution in [2.24, 2.45) is 0 Å². The number of carbonyl (C=O) groups excluding carboxylic acids is 3. The van der Waals surface area contributed by atoms with Crippen molar-refractivity contribution in [3.05, 3.63) is 28.2 Å². The van der Waals surface area contributed by atoms with Crippen molar-refractivity contribution in [3.8, 4) is 0 Å². The lowest BCUT2D eigenvalue weighted by molar-refractivity contribution is -0.112. The van der Waals surface area contributed by atoms with Crippen LogP contribution in [0.3, 0.4) is 0 Å². The van der Waals surface area contributed by atoms with Crippen LogP contribution in [0.1, 0.15) is 43.0 Å². The first-order valence-corrected chi connectivity index (χ1v) is 10.2. The number of amides is 3. The van der Waals surface area contributed by atoms with E-state index in [1.165, 1.54) is 23.3 Å². The average Bonchev–Trinajstić information content (AvgIpc) is 3.21. The van der Waals surface area contributed by atoms with E-state index in [1.807, 2.05) is 11.8 Å². The molecule has 1 fully saturated rings. The van der Waals surface area contributed by atoms with Gasteiger partial charge in [-0.3, -0.25) is 14.9 Å². The Morgan fingerprint density at radius 3 is 2.92 bits per heavy atom. The van der Waals surface area contributed by atoms with Crippen LogP contribution in [0.5, 0.6) is 0 Å². The molecule has 1 aliphatic heterocycles. The number of hydrogen-bond acceptors (Lipinski definition) is 6. The Bertz CT molecular complexity index is 726. The summed E-state index contributed by atoms with van der Waals surface area (Å²) in [6, 6.07) is 1.58. The summed E-state index contributed by atoms with van der Waals surface area (Å²) in [6.45, 7) is 1.84. The van der Waals surface area contributed by atoms with E-state index in [0.29, 0.717) is 10.3 Å². The van der Waals surface area contributed by atoms with Gasteiger partial charge in [0.05, 0.1) is 12.2 Å². The third kappa shape index (κ3) is 4.07. The molecule has 0 bridgehead atoms. The maximum Gasteiger partial charge on any atom is 0.414 e. The normalized spacial score (nSPS) is 19.3. The quantitative estimate of drug-likeness (QED) is 0.834. The molecule has 25 heavy (non-hydrogen) atoms. The SMILES string of the molecule is CCOC(=O)NC(=O)c1ccsc1NC(=O)C1=C2CCCCC2SC1. The highest BCUT2D eigenvalue weighted by Crippen LogP contribution is 2.42. The molecule has 8 heteroatoms. The fraction of sp³-hybridized carbons (Fsp3) is 0.471. The second-order valence-corrected chi connectivity index (χ2v) is 7.95. The Kier molecular flexibility index (Phi) is 5.80. The first-order chi connectivity index (χ1) is 12.1. The van der Waals surface area contributed by atoms with Gasteiger partial charge in [-0.2, -0.15) is 0 Å². The van der Waals surface area contributed by atoms with Crippen LogP contribution in [0.25, 0.3) is 0 Å². The zero-order valence-electron chi connectivity index (χ0n) is 13.9. The van der Waals surface area contributed by atoms with Gasteiger partial charge in [0.1, 0.15) is 5.00 Å². The van der Waals surface area contributed by atoms with E-state index in [9.17, 15) is 14.4 Å². The summed E-state index contributed by atoms with van der Waals surface area (Å²) in [5, 5.41) is 7.63. The molecular weight excluding hydrogens is 360 g/mol. The molecule has 0 saturated heterocycles. The van der Waals surface area contributed by atoms with Gasteiger partial charge in [0.25, 0.3) is 11.8 Å². The highest BCUT2D eigenvalue weighted by Gasteiger charge is 2.32. The number of carbonyl (C=O) groups is 3. The van der Waals surface area contributed by atoms with Crippen LogP contribution in [0.2, 0.25) is 0 Å². The third-order valence-electron chi connectivity index (χ3n) is 4.27. The number of anilines is 1. The van der Waals surface area contributed by atoms with E-state index < -0.39 is 12.0 Å². The fourth-order valence-corrected chi connectivity index (χ4v) is 5.35. The molecule has 1 aromatic rings. The van der Waals surface area contributed by atoms with Crippen LogP contribution in [0.15, 0.2) is 22.6 Å². The van der Waals surface area contributed by atoms with Gasteiger partial charge in [-0.25, -0.2) is 4.79 Å². The predicted octanol–water partition coefficient (Wildman–Crippen LogP) is 3.56. The monoisotopic (exact) mass is 380 g/mol. The predicted molar refractivity (Wildman–Crippen MR) is 99.2 cm³/mol. The molecule has 1 saturated carbocycles. The Hall–Kier alpha value is -1.80. The smallest absolute Gasteiger partial charge is 0.414 e. The molecule has 0 radical (unpaired) electrons. The van der Waals surface area contributed by atoms with Gasteiger partial charge < -0.3 is 10.1 Å². The first-order valence-electron chi connectivity index (χ1n) is 8.30. The second-order valence-electron chi connectivity index (χ2n) is 5.84. The van der Waals surface area contributed by atoms with Crippen molar-refractivity contribution in [1.82, 2.24) is 5.32 Å². The van der Waals surface area contributed by atoms with Crippen molar-refractivity contribution in [1.29, 1.82) is 0 Å². The summed E-state index contributed by atoms with van der Waals surface area (Å²) >= 11 is 3.09. The van der Waals surface area contributed by atoms with E-state index in [-0.39, 0.29) is 18.1 Å². The summed E-state index contributed by atoms with van der Waals surface area (Å²) in [7, 11) is 0. The minimum atomic E-state index is -0.793. The molecule has 3 amide bonds. The number of thioether (sulfide) groups is 1. The number of ether oxygens (including phenoxy) is 1.